The van der Waals surface area contributed by atoms with Crippen LogP contribution in [-0.2, 0) is 0 Å². The first kappa shape index (κ1) is 10.3. The molecular weight excluding hydrogens is 242 g/mol. The number of halogens is 2. The molecule has 14 heavy (non-hydrogen) atoms. The van der Waals surface area contributed by atoms with Crippen molar-refractivity contribution in [2.75, 3.05) is 0 Å². The highest BCUT2D eigenvalue weighted by atomic mass is 35.5. The van der Waals surface area contributed by atoms with Crippen LogP contribution in [-0.4, -0.2) is 17.2 Å². The molecule has 0 saturated heterocycles. The fourth-order valence-electron chi connectivity index (χ4n) is 1.32. The molecule has 0 aliphatic rings. The van der Waals surface area contributed by atoms with Crippen LogP contribution in [0.4, 0.5) is 0 Å². The summed E-state index contributed by atoms with van der Waals surface area (Å²) in [7, 11) is -1.56. The van der Waals surface area contributed by atoms with Crippen molar-refractivity contribution in [2.45, 2.75) is 0 Å². The van der Waals surface area contributed by atoms with Crippen LogP contribution in [0.1, 0.15) is 0 Å². The zero-order valence-corrected chi connectivity index (χ0v) is 9.20. The van der Waals surface area contributed by atoms with E-state index in [1.807, 2.05) is 0 Å². The third-order valence-corrected chi connectivity index (χ3v) is 3.82. The van der Waals surface area contributed by atoms with Gasteiger partial charge in [0, 0.05) is 5.46 Å². The molecule has 1 heterocycles. The van der Waals surface area contributed by atoms with Gasteiger partial charge in [0.2, 0.25) is 0 Å². The topological polar surface area (TPSA) is 40.5 Å². The van der Waals surface area contributed by atoms with Gasteiger partial charge in [0.05, 0.1) is 14.1 Å². The van der Waals surface area contributed by atoms with Gasteiger partial charge in [-0.1, -0.05) is 35.3 Å². The Morgan fingerprint density at radius 2 is 1.93 bits per heavy atom. The van der Waals surface area contributed by atoms with Crippen LogP contribution in [0.2, 0.25) is 9.36 Å². The summed E-state index contributed by atoms with van der Waals surface area (Å²) in [5.41, 5.74) is 0.328. The molecule has 0 saturated carbocycles. The van der Waals surface area contributed by atoms with E-state index in [-0.39, 0.29) is 0 Å². The van der Waals surface area contributed by atoms with Crippen LogP contribution in [0.25, 0.3) is 10.1 Å². The summed E-state index contributed by atoms with van der Waals surface area (Å²) < 4.78 is 1.14. The molecule has 1 aromatic heterocycles. The lowest BCUT2D eigenvalue weighted by atomic mass is 9.80. The minimum Gasteiger partial charge on any atom is -0.423 e. The van der Waals surface area contributed by atoms with Crippen molar-refractivity contribution in [1.82, 2.24) is 0 Å². The summed E-state index contributed by atoms with van der Waals surface area (Å²) in [6, 6.07) is 5.25. The van der Waals surface area contributed by atoms with Crippen molar-refractivity contribution >= 4 is 57.2 Å². The summed E-state index contributed by atoms with van der Waals surface area (Å²) in [6.45, 7) is 0. The summed E-state index contributed by atoms with van der Waals surface area (Å²) in [5.74, 6) is 0. The Kier molecular flexibility index (Phi) is 2.73. The highest BCUT2D eigenvalue weighted by molar-refractivity contribution is 7.25. The summed E-state index contributed by atoms with van der Waals surface area (Å²) in [4.78, 5) is 0. The predicted octanol–water partition coefficient (Wildman–Crippen LogP) is 1.89. The Hall–Kier alpha value is -0.255. The monoisotopic (exact) mass is 246 g/mol. The van der Waals surface area contributed by atoms with Crippen LogP contribution >= 0.6 is 34.5 Å². The van der Waals surface area contributed by atoms with Crippen molar-refractivity contribution in [3.05, 3.63) is 27.6 Å². The molecular formula is C8H5BCl2O2S. The zero-order chi connectivity index (χ0) is 10.3. The molecule has 2 N–H and O–H groups in total. The predicted molar refractivity (Wildman–Crippen MR) is 61.7 cm³/mol. The Morgan fingerprint density at radius 1 is 1.21 bits per heavy atom. The van der Waals surface area contributed by atoms with Crippen LogP contribution in [0.5, 0.6) is 0 Å². The molecule has 0 aliphatic heterocycles. The van der Waals surface area contributed by atoms with Crippen LogP contribution < -0.4 is 5.46 Å². The number of hydrogen-bond donors (Lipinski definition) is 2. The maximum atomic E-state index is 9.12. The molecule has 2 aromatic rings. The second kappa shape index (κ2) is 3.72. The van der Waals surface area contributed by atoms with E-state index in [9.17, 15) is 0 Å². The maximum absolute atomic E-state index is 9.12. The van der Waals surface area contributed by atoms with Gasteiger partial charge in [-0.3, -0.25) is 0 Å². The molecule has 0 amide bonds. The van der Waals surface area contributed by atoms with Crippen molar-refractivity contribution < 1.29 is 10.0 Å². The number of rotatable bonds is 1. The van der Waals surface area contributed by atoms with Gasteiger partial charge >= 0.3 is 7.12 Å². The van der Waals surface area contributed by atoms with E-state index >= 15 is 0 Å². The van der Waals surface area contributed by atoms with Gasteiger partial charge in [-0.15, -0.1) is 11.3 Å². The molecule has 1 aromatic carbocycles. The molecule has 0 fully saturated rings. The van der Waals surface area contributed by atoms with Crippen molar-refractivity contribution in [3.63, 3.8) is 0 Å². The lowest BCUT2D eigenvalue weighted by molar-refractivity contribution is 0.426. The van der Waals surface area contributed by atoms with Gasteiger partial charge in [0.25, 0.3) is 0 Å². The first-order chi connectivity index (χ1) is 6.61. The van der Waals surface area contributed by atoms with Gasteiger partial charge in [0.1, 0.15) is 0 Å². The molecule has 0 radical (unpaired) electrons. The molecule has 6 heteroatoms. The fraction of sp³-hybridized carbons (Fsp3) is 0. The summed E-state index contributed by atoms with van der Waals surface area (Å²) >= 11 is 13.1. The average Bonchev–Trinajstić information content (AvgIpc) is 2.42. The number of thiophene rings is 1. The number of hydrogen-bond acceptors (Lipinski definition) is 3. The van der Waals surface area contributed by atoms with Crippen LogP contribution in [0.3, 0.4) is 0 Å². The van der Waals surface area contributed by atoms with Gasteiger partial charge in [-0.05, 0) is 11.5 Å². The molecule has 0 unspecified atom stereocenters. The van der Waals surface area contributed by atoms with Gasteiger partial charge in [-0.2, -0.15) is 0 Å². The number of fused-ring (bicyclic) bond motifs is 1. The SMILES string of the molecule is OB(O)c1c(Cl)sc2c(Cl)cccc12. The van der Waals surface area contributed by atoms with E-state index in [0.717, 1.165) is 4.70 Å². The molecule has 2 nitrogen and oxygen atoms in total. The maximum Gasteiger partial charge on any atom is 0.491 e. The van der Waals surface area contributed by atoms with E-state index < -0.39 is 7.12 Å². The van der Waals surface area contributed by atoms with Crippen molar-refractivity contribution in [3.8, 4) is 0 Å². The quantitative estimate of drug-likeness (QED) is 0.755. The van der Waals surface area contributed by atoms with Gasteiger partial charge in [-0.25, -0.2) is 0 Å². The second-order valence-corrected chi connectivity index (χ2v) is 4.81. The molecule has 2 rings (SSSR count). The largest absolute Gasteiger partial charge is 0.491 e. The lowest BCUT2D eigenvalue weighted by Gasteiger charge is -1.97. The van der Waals surface area contributed by atoms with Gasteiger partial charge < -0.3 is 10.0 Å². The van der Waals surface area contributed by atoms with Crippen LogP contribution in [0, 0.1) is 0 Å². The molecule has 0 spiro atoms. The van der Waals surface area contributed by atoms with E-state index in [2.05, 4.69) is 0 Å². The zero-order valence-electron chi connectivity index (χ0n) is 6.87. The van der Waals surface area contributed by atoms with Crippen LogP contribution in [0.15, 0.2) is 18.2 Å². The standard InChI is InChI=1S/C8H5BCl2O2S/c10-5-3-1-2-4-6(9(12)13)8(11)14-7(4)5/h1-3,12-13H. The Morgan fingerprint density at radius 3 is 2.57 bits per heavy atom. The third-order valence-electron chi connectivity index (χ3n) is 1.92. The molecule has 0 atom stereocenters. The summed E-state index contributed by atoms with van der Waals surface area (Å²) in [6.07, 6.45) is 0. The highest BCUT2D eigenvalue weighted by Crippen LogP contribution is 2.32. The smallest absolute Gasteiger partial charge is 0.423 e. The van der Waals surface area contributed by atoms with E-state index in [4.69, 9.17) is 33.2 Å². The van der Waals surface area contributed by atoms with E-state index in [0.29, 0.717) is 20.2 Å². The highest BCUT2D eigenvalue weighted by Gasteiger charge is 2.22. The molecule has 72 valence electrons. The van der Waals surface area contributed by atoms with Gasteiger partial charge in [0.15, 0.2) is 0 Å². The minimum absolute atomic E-state index is 0.328. The fourth-order valence-corrected chi connectivity index (χ4v) is 2.99. The normalized spacial score (nSPS) is 10.9. The molecule has 0 bridgehead atoms. The Labute approximate surface area is 94.8 Å². The second-order valence-electron chi connectivity index (χ2n) is 2.78. The van der Waals surface area contributed by atoms with E-state index in [1.165, 1.54) is 11.3 Å². The Bertz CT molecular complexity index is 483. The minimum atomic E-state index is -1.56. The van der Waals surface area contributed by atoms with Crippen molar-refractivity contribution in [2.24, 2.45) is 0 Å². The number of benzene rings is 1. The first-order valence-electron chi connectivity index (χ1n) is 3.84. The third kappa shape index (κ3) is 1.53. The summed E-state index contributed by atoms with van der Waals surface area (Å²) in [5, 5.41) is 19.5. The Balaban J connectivity index is 2.83. The van der Waals surface area contributed by atoms with E-state index in [1.54, 1.807) is 18.2 Å². The average molecular weight is 247 g/mol. The molecule has 0 aliphatic carbocycles. The first-order valence-corrected chi connectivity index (χ1v) is 5.41. The lowest BCUT2D eigenvalue weighted by Crippen LogP contribution is -2.29. The van der Waals surface area contributed by atoms with Crippen molar-refractivity contribution in [1.29, 1.82) is 0 Å².